The SMILES string of the molecule is C=CCOc1ccccc1CNC(=NC)N1CCC(c2cnn(C)c2)C1.I. The number of benzene rings is 1. The van der Waals surface area contributed by atoms with E-state index in [1.54, 1.807) is 6.08 Å². The molecule has 2 aromatic rings. The number of nitrogens with zero attached hydrogens (tertiary/aromatic N) is 4. The van der Waals surface area contributed by atoms with Crippen molar-refractivity contribution in [2.45, 2.75) is 18.9 Å². The number of nitrogens with one attached hydrogen (secondary N) is 1. The third kappa shape index (κ3) is 5.47. The molecule has 0 amide bonds. The van der Waals surface area contributed by atoms with E-state index in [-0.39, 0.29) is 24.0 Å². The van der Waals surface area contributed by atoms with Gasteiger partial charge in [-0.3, -0.25) is 9.67 Å². The fraction of sp³-hybridized carbons (Fsp3) is 0.400. The molecule has 1 N–H and O–H groups in total. The molecule has 1 atom stereocenters. The van der Waals surface area contributed by atoms with Crippen LogP contribution in [0.3, 0.4) is 0 Å². The standard InChI is InChI=1S/C20H27N5O.HI/c1-4-11-26-19-8-6-5-7-16(19)12-22-20(21-2)25-10-9-17(15-25)18-13-23-24(3)14-18;/h4-8,13-14,17H,1,9-12,15H2,2-3H3,(H,21,22);1H. The second-order valence-electron chi connectivity index (χ2n) is 6.49. The fourth-order valence-electron chi connectivity index (χ4n) is 3.32. The van der Waals surface area contributed by atoms with Crippen LogP contribution in [0.4, 0.5) is 0 Å². The van der Waals surface area contributed by atoms with Gasteiger partial charge in [0, 0.05) is 51.4 Å². The van der Waals surface area contributed by atoms with E-state index in [4.69, 9.17) is 4.74 Å². The molecule has 146 valence electrons. The Morgan fingerprint density at radius 2 is 2.26 bits per heavy atom. The fourth-order valence-corrected chi connectivity index (χ4v) is 3.32. The third-order valence-corrected chi connectivity index (χ3v) is 4.66. The lowest BCUT2D eigenvalue weighted by atomic mass is 10.0. The summed E-state index contributed by atoms with van der Waals surface area (Å²) in [4.78, 5) is 6.77. The molecule has 2 heterocycles. The van der Waals surface area contributed by atoms with Gasteiger partial charge in [-0.05, 0) is 18.1 Å². The van der Waals surface area contributed by atoms with Crippen molar-refractivity contribution in [2.75, 3.05) is 26.7 Å². The summed E-state index contributed by atoms with van der Waals surface area (Å²) < 4.78 is 7.60. The second-order valence-corrected chi connectivity index (χ2v) is 6.49. The Morgan fingerprint density at radius 1 is 1.44 bits per heavy atom. The van der Waals surface area contributed by atoms with Crippen LogP contribution in [0.5, 0.6) is 5.75 Å². The van der Waals surface area contributed by atoms with E-state index in [2.05, 4.69) is 39.1 Å². The molecule has 6 nitrogen and oxygen atoms in total. The minimum absolute atomic E-state index is 0. The Hall–Kier alpha value is -2.03. The Kier molecular flexibility index (Phi) is 8.15. The van der Waals surface area contributed by atoms with Gasteiger partial charge in [-0.2, -0.15) is 5.10 Å². The minimum atomic E-state index is 0. The van der Waals surface area contributed by atoms with E-state index in [0.29, 0.717) is 19.1 Å². The predicted octanol–water partition coefficient (Wildman–Crippen LogP) is 3.17. The van der Waals surface area contributed by atoms with Crippen molar-refractivity contribution in [1.29, 1.82) is 0 Å². The second kappa shape index (κ2) is 10.3. The number of ether oxygens (including phenoxy) is 1. The van der Waals surface area contributed by atoms with Crippen molar-refractivity contribution in [2.24, 2.45) is 12.0 Å². The van der Waals surface area contributed by atoms with Crippen LogP contribution in [0.15, 0.2) is 54.3 Å². The third-order valence-electron chi connectivity index (χ3n) is 4.66. The van der Waals surface area contributed by atoms with Gasteiger partial charge in [0.05, 0.1) is 6.20 Å². The molecule has 0 bridgehead atoms. The lowest BCUT2D eigenvalue weighted by Gasteiger charge is -2.22. The summed E-state index contributed by atoms with van der Waals surface area (Å²) in [5, 5.41) is 7.76. The summed E-state index contributed by atoms with van der Waals surface area (Å²) in [7, 11) is 3.79. The first-order chi connectivity index (χ1) is 12.7. The van der Waals surface area contributed by atoms with Crippen LogP contribution in [-0.2, 0) is 13.6 Å². The van der Waals surface area contributed by atoms with E-state index < -0.39 is 0 Å². The summed E-state index contributed by atoms with van der Waals surface area (Å²) in [6.07, 6.45) is 6.95. The number of likely N-dealkylation sites (tertiary alicyclic amines) is 1. The van der Waals surface area contributed by atoms with Gasteiger partial charge in [0.2, 0.25) is 0 Å². The molecule has 0 spiro atoms. The summed E-state index contributed by atoms with van der Waals surface area (Å²) in [6, 6.07) is 8.06. The number of guanidine groups is 1. The van der Waals surface area contributed by atoms with E-state index in [0.717, 1.165) is 36.8 Å². The zero-order valence-corrected chi connectivity index (χ0v) is 18.3. The average Bonchev–Trinajstić information content (AvgIpc) is 3.30. The number of aromatic nitrogens is 2. The first kappa shape index (κ1) is 21.3. The first-order valence-electron chi connectivity index (χ1n) is 8.97. The van der Waals surface area contributed by atoms with E-state index >= 15 is 0 Å². The number of aryl methyl sites for hydroxylation is 1. The van der Waals surface area contributed by atoms with Crippen molar-refractivity contribution < 1.29 is 4.74 Å². The van der Waals surface area contributed by atoms with Crippen molar-refractivity contribution >= 4 is 29.9 Å². The van der Waals surface area contributed by atoms with Gasteiger partial charge >= 0.3 is 0 Å². The first-order valence-corrected chi connectivity index (χ1v) is 8.97. The van der Waals surface area contributed by atoms with Crippen LogP contribution >= 0.6 is 24.0 Å². The largest absolute Gasteiger partial charge is 0.489 e. The van der Waals surface area contributed by atoms with Gasteiger partial charge in [-0.25, -0.2) is 0 Å². The van der Waals surface area contributed by atoms with E-state index in [1.165, 1.54) is 5.56 Å². The molecule has 7 heteroatoms. The molecule has 3 rings (SSSR count). The molecule has 1 fully saturated rings. The van der Waals surface area contributed by atoms with Gasteiger partial charge in [-0.1, -0.05) is 30.9 Å². The topological polar surface area (TPSA) is 54.7 Å². The quantitative estimate of drug-likeness (QED) is 0.298. The number of aliphatic imine (C=N–C) groups is 1. The molecule has 0 aliphatic carbocycles. The molecule has 1 aromatic carbocycles. The molecule has 1 aromatic heterocycles. The normalized spacial score (nSPS) is 16.7. The highest BCUT2D eigenvalue weighted by Gasteiger charge is 2.26. The summed E-state index contributed by atoms with van der Waals surface area (Å²) in [6.45, 7) is 6.84. The molecular weight excluding hydrogens is 453 g/mol. The number of halogens is 1. The van der Waals surface area contributed by atoms with Crippen molar-refractivity contribution in [3.63, 3.8) is 0 Å². The van der Waals surface area contributed by atoms with Crippen LogP contribution in [0.25, 0.3) is 0 Å². The number of hydrogen-bond acceptors (Lipinski definition) is 3. The van der Waals surface area contributed by atoms with Crippen LogP contribution in [0, 0.1) is 0 Å². The number of para-hydroxylation sites is 1. The zero-order valence-electron chi connectivity index (χ0n) is 16.0. The molecule has 27 heavy (non-hydrogen) atoms. The summed E-state index contributed by atoms with van der Waals surface area (Å²) >= 11 is 0. The van der Waals surface area contributed by atoms with Crippen LogP contribution < -0.4 is 10.1 Å². The summed E-state index contributed by atoms with van der Waals surface area (Å²) in [5.41, 5.74) is 2.41. The summed E-state index contributed by atoms with van der Waals surface area (Å²) in [5.74, 6) is 2.31. The van der Waals surface area contributed by atoms with Crippen LogP contribution in [-0.4, -0.2) is 47.4 Å². The van der Waals surface area contributed by atoms with E-state index in [9.17, 15) is 0 Å². The molecule has 1 aliphatic rings. The lowest BCUT2D eigenvalue weighted by molar-refractivity contribution is 0.358. The van der Waals surface area contributed by atoms with Gasteiger partial charge in [-0.15, -0.1) is 24.0 Å². The maximum Gasteiger partial charge on any atom is 0.193 e. The molecule has 0 saturated carbocycles. The number of rotatable bonds is 6. The van der Waals surface area contributed by atoms with Gasteiger partial charge < -0.3 is 15.0 Å². The molecule has 1 aliphatic heterocycles. The van der Waals surface area contributed by atoms with Gasteiger partial charge in [0.1, 0.15) is 12.4 Å². The average molecular weight is 481 g/mol. The van der Waals surface area contributed by atoms with Crippen LogP contribution in [0.2, 0.25) is 0 Å². The highest BCUT2D eigenvalue weighted by Crippen LogP contribution is 2.26. The highest BCUT2D eigenvalue weighted by molar-refractivity contribution is 14.0. The molecular formula is C20H28IN5O. The van der Waals surface area contributed by atoms with Crippen molar-refractivity contribution in [3.8, 4) is 5.75 Å². The van der Waals surface area contributed by atoms with Gasteiger partial charge in [0.25, 0.3) is 0 Å². The smallest absolute Gasteiger partial charge is 0.193 e. The predicted molar refractivity (Wildman–Crippen MR) is 120 cm³/mol. The Morgan fingerprint density at radius 3 is 2.96 bits per heavy atom. The Bertz CT molecular complexity index is 773. The van der Waals surface area contributed by atoms with E-state index in [1.807, 2.05) is 43.2 Å². The highest BCUT2D eigenvalue weighted by atomic mass is 127. The van der Waals surface area contributed by atoms with Gasteiger partial charge in [0.15, 0.2) is 5.96 Å². The Labute approximate surface area is 178 Å². The zero-order chi connectivity index (χ0) is 18.4. The minimum Gasteiger partial charge on any atom is -0.489 e. The molecule has 1 saturated heterocycles. The Balaban J connectivity index is 0.00000261. The van der Waals surface area contributed by atoms with Crippen molar-refractivity contribution in [3.05, 3.63) is 60.4 Å². The monoisotopic (exact) mass is 481 g/mol. The molecule has 1 unspecified atom stereocenters. The van der Waals surface area contributed by atoms with Crippen molar-refractivity contribution in [1.82, 2.24) is 20.0 Å². The molecule has 0 radical (unpaired) electrons. The number of hydrogen-bond donors (Lipinski definition) is 1. The maximum atomic E-state index is 5.73. The maximum absolute atomic E-state index is 5.73. The van der Waals surface area contributed by atoms with Crippen LogP contribution in [0.1, 0.15) is 23.5 Å². The lowest BCUT2D eigenvalue weighted by Crippen LogP contribution is -2.39.